The van der Waals surface area contributed by atoms with Gasteiger partial charge in [-0.05, 0) is 18.9 Å². The van der Waals surface area contributed by atoms with Crippen LogP contribution in [0.5, 0.6) is 0 Å². The van der Waals surface area contributed by atoms with Crippen molar-refractivity contribution in [2.75, 3.05) is 18.5 Å². The van der Waals surface area contributed by atoms with Crippen LogP contribution in [-0.4, -0.2) is 39.1 Å². The fourth-order valence-electron chi connectivity index (χ4n) is 2.67. The molecule has 1 unspecified atom stereocenters. The molecule has 1 atom stereocenters. The van der Waals surface area contributed by atoms with E-state index in [0.717, 1.165) is 41.9 Å². The van der Waals surface area contributed by atoms with Crippen LogP contribution < -0.4 is 5.32 Å². The molecular formula is C15H17N5O2S. The zero-order valence-corrected chi connectivity index (χ0v) is 13.1. The van der Waals surface area contributed by atoms with E-state index in [1.165, 1.54) is 17.7 Å². The standard InChI is InChI=1S/C15H15N5O2S.H2/c21-14(9-2-1-5-22-6-9)20-15-19-11(7-23-15)12-10-3-4-16-13(10)18-8-17-12;/h3-4,7-9H,1-2,5-6H2,(H,16,17,18)(H,19,20,21);1H. The van der Waals surface area contributed by atoms with Crippen LogP contribution in [-0.2, 0) is 9.53 Å². The Bertz CT molecular complexity index is 843. The lowest BCUT2D eigenvalue weighted by molar-refractivity contribution is -0.123. The summed E-state index contributed by atoms with van der Waals surface area (Å²) in [5.41, 5.74) is 2.26. The third-order valence-electron chi connectivity index (χ3n) is 3.86. The van der Waals surface area contributed by atoms with E-state index in [-0.39, 0.29) is 13.3 Å². The van der Waals surface area contributed by atoms with Crippen molar-refractivity contribution in [2.24, 2.45) is 5.92 Å². The molecule has 8 heteroatoms. The summed E-state index contributed by atoms with van der Waals surface area (Å²) in [6.45, 7) is 1.23. The number of amides is 1. The predicted octanol–water partition coefficient (Wildman–Crippen LogP) is 2.69. The zero-order chi connectivity index (χ0) is 15.6. The minimum atomic E-state index is -0.0912. The normalized spacial score (nSPS) is 18.2. The minimum absolute atomic E-state index is 0. The molecule has 2 N–H and O–H groups in total. The molecule has 4 heterocycles. The number of hydrogen-bond acceptors (Lipinski definition) is 6. The van der Waals surface area contributed by atoms with E-state index in [1.807, 2.05) is 17.6 Å². The highest BCUT2D eigenvalue weighted by Gasteiger charge is 2.22. The molecule has 7 nitrogen and oxygen atoms in total. The third-order valence-corrected chi connectivity index (χ3v) is 4.62. The summed E-state index contributed by atoms with van der Waals surface area (Å²) in [6, 6.07) is 1.92. The number of carbonyl (C=O) groups is 1. The monoisotopic (exact) mass is 331 g/mol. The average molecular weight is 331 g/mol. The lowest BCUT2D eigenvalue weighted by Crippen LogP contribution is -2.30. The van der Waals surface area contributed by atoms with Gasteiger partial charge in [-0.2, -0.15) is 0 Å². The number of aromatic nitrogens is 4. The van der Waals surface area contributed by atoms with Gasteiger partial charge >= 0.3 is 0 Å². The maximum absolute atomic E-state index is 12.2. The summed E-state index contributed by atoms with van der Waals surface area (Å²) >= 11 is 1.39. The lowest BCUT2D eigenvalue weighted by atomic mass is 10.0. The van der Waals surface area contributed by atoms with Crippen LogP contribution in [0.3, 0.4) is 0 Å². The molecule has 1 saturated heterocycles. The van der Waals surface area contributed by atoms with Gasteiger partial charge in [-0.25, -0.2) is 15.0 Å². The molecule has 3 aromatic heterocycles. The molecule has 3 aromatic rings. The van der Waals surface area contributed by atoms with E-state index in [1.54, 1.807) is 0 Å². The average Bonchev–Trinajstić information content (AvgIpc) is 3.24. The van der Waals surface area contributed by atoms with Gasteiger partial charge < -0.3 is 15.0 Å². The third kappa shape index (κ3) is 2.82. The number of aromatic amines is 1. The van der Waals surface area contributed by atoms with Crippen LogP contribution in [0.4, 0.5) is 5.13 Å². The van der Waals surface area contributed by atoms with E-state index < -0.39 is 0 Å². The van der Waals surface area contributed by atoms with E-state index in [0.29, 0.717) is 11.7 Å². The summed E-state index contributed by atoms with van der Waals surface area (Å²) in [5.74, 6) is -0.119. The second-order valence-corrected chi connectivity index (χ2v) is 6.26. The molecule has 0 saturated carbocycles. The highest BCUT2D eigenvalue weighted by Crippen LogP contribution is 2.28. The molecule has 4 rings (SSSR count). The number of nitrogens with zero attached hydrogens (tertiary/aromatic N) is 3. The Morgan fingerprint density at radius 3 is 3.30 bits per heavy atom. The van der Waals surface area contributed by atoms with Gasteiger partial charge in [0.15, 0.2) is 5.13 Å². The number of rotatable bonds is 3. The number of H-pyrrole nitrogens is 1. The molecular weight excluding hydrogens is 314 g/mol. The first-order valence-corrected chi connectivity index (χ1v) is 8.32. The van der Waals surface area contributed by atoms with Crippen molar-refractivity contribution in [1.82, 2.24) is 19.9 Å². The first kappa shape index (κ1) is 14.3. The molecule has 0 bridgehead atoms. The predicted molar refractivity (Wildman–Crippen MR) is 89.3 cm³/mol. The lowest BCUT2D eigenvalue weighted by Gasteiger charge is -2.20. The topological polar surface area (TPSA) is 92.8 Å². The number of thiazole rings is 1. The molecule has 120 valence electrons. The quantitative estimate of drug-likeness (QED) is 0.770. The molecule has 0 spiro atoms. The van der Waals surface area contributed by atoms with E-state index in [2.05, 4.69) is 25.3 Å². The maximum Gasteiger partial charge on any atom is 0.231 e. The van der Waals surface area contributed by atoms with Gasteiger partial charge in [0.25, 0.3) is 0 Å². The smallest absolute Gasteiger partial charge is 0.231 e. The maximum atomic E-state index is 12.2. The Labute approximate surface area is 137 Å². The van der Waals surface area contributed by atoms with Crippen molar-refractivity contribution < 1.29 is 11.0 Å². The van der Waals surface area contributed by atoms with Gasteiger partial charge in [-0.15, -0.1) is 11.3 Å². The SMILES string of the molecule is O=C(Nc1nc(-c2ncnc3[nH]ccc23)cs1)C1CCCOC1.[HH]. The van der Waals surface area contributed by atoms with Crippen LogP contribution in [0.1, 0.15) is 14.3 Å². The Morgan fingerprint density at radius 2 is 2.43 bits per heavy atom. The van der Waals surface area contributed by atoms with Crippen LogP contribution in [0.2, 0.25) is 0 Å². The van der Waals surface area contributed by atoms with E-state index in [9.17, 15) is 4.79 Å². The van der Waals surface area contributed by atoms with E-state index in [4.69, 9.17) is 4.74 Å². The minimum Gasteiger partial charge on any atom is -0.381 e. The van der Waals surface area contributed by atoms with Gasteiger partial charge in [0.1, 0.15) is 23.4 Å². The largest absolute Gasteiger partial charge is 0.381 e. The number of fused-ring (bicyclic) bond motifs is 1. The Kier molecular flexibility index (Phi) is 3.76. The first-order chi connectivity index (χ1) is 11.3. The van der Waals surface area contributed by atoms with Crippen molar-refractivity contribution in [1.29, 1.82) is 0 Å². The first-order valence-electron chi connectivity index (χ1n) is 7.44. The fraction of sp³-hybridized carbons (Fsp3) is 0.333. The molecule has 23 heavy (non-hydrogen) atoms. The number of hydrogen-bond donors (Lipinski definition) is 2. The van der Waals surface area contributed by atoms with Crippen molar-refractivity contribution in [3.05, 3.63) is 24.0 Å². The highest BCUT2D eigenvalue weighted by atomic mass is 32.1. The molecule has 0 radical (unpaired) electrons. The molecule has 1 aliphatic rings. The molecule has 0 aromatic carbocycles. The van der Waals surface area contributed by atoms with Gasteiger partial charge in [0.2, 0.25) is 5.91 Å². The number of nitrogens with one attached hydrogen (secondary N) is 2. The molecule has 1 fully saturated rings. The molecule has 1 amide bonds. The van der Waals surface area contributed by atoms with Crippen molar-refractivity contribution in [3.8, 4) is 11.4 Å². The summed E-state index contributed by atoms with van der Waals surface area (Å²) in [6.07, 6.45) is 5.11. The van der Waals surface area contributed by atoms with Gasteiger partial charge in [-0.3, -0.25) is 4.79 Å². The van der Waals surface area contributed by atoms with Gasteiger partial charge in [-0.1, -0.05) is 0 Å². The van der Waals surface area contributed by atoms with Gasteiger partial charge in [0.05, 0.1) is 12.5 Å². The number of ether oxygens (including phenoxy) is 1. The van der Waals surface area contributed by atoms with Crippen LogP contribution in [0.25, 0.3) is 22.4 Å². The Hall–Kier alpha value is -2.32. The molecule has 0 aliphatic carbocycles. The Morgan fingerprint density at radius 1 is 1.48 bits per heavy atom. The number of carbonyl (C=O) groups excluding carboxylic acids is 1. The van der Waals surface area contributed by atoms with Crippen molar-refractivity contribution in [2.45, 2.75) is 12.8 Å². The molecule has 1 aliphatic heterocycles. The summed E-state index contributed by atoms with van der Waals surface area (Å²) in [5, 5.41) is 6.27. The van der Waals surface area contributed by atoms with Crippen molar-refractivity contribution >= 4 is 33.4 Å². The highest BCUT2D eigenvalue weighted by molar-refractivity contribution is 7.14. The second-order valence-electron chi connectivity index (χ2n) is 5.40. The number of anilines is 1. The zero-order valence-electron chi connectivity index (χ0n) is 12.3. The Balaban J connectivity index is 0.00000169. The summed E-state index contributed by atoms with van der Waals surface area (Å²) in [4.78, 5) is 28.2. The van der Waals surface area contributed by atoms with Gasteiger partial charge in [0, 0.05) is 25.0 Å². The summed E-state index contributed by atoms with van der Waals surface area (Å²) < 4.78 is 5.36. The van der Waals surface area contributed by atoms with E-state index >= 15 is 0 Å². The second kappa shape index (κ2) is 6.05. The summed E-state index contributed by atoms with van der Waals surface area (Å²) in [7, 11) is 0. The van der Waals surface area contributed by atoms with Crippen molar-refractivity contribution in [3.63, 3.8) is 0 Å². The van der Waals surface area contributed by atoms with Crippen LogP contribution in [0, 0.1) is 5.92 Å². The fourth-order valence-corrected chi connectivity index (χ4v) is 3.37. The van der Waals surface area contributed by atoms with Crippen LogP contribution in [0.15, 0.2) is 24.0 Å². The van der Waals surface area contributed by atoms with Crippen LogP contribution >= 0.6 is 11.3 Å².